The zero-order chi connectivity index (χ0) is 15.1. The molecule has 106 valence electrons. The average Bonchev–Trinajstić information content (AvgIpc) is 2.54. The van der Waals surface area contributed by atoms with Crippen LogP contribution in [-0.4, -0.2) is 22.5 Å². The molecule has 1 aromatic carbocycles. The Balaban J connectivity index is 2.12. The van der Waals surface area contributed by atoms with E-state index >= 15 is 0 Å². The van der Waals surface area contributed by atoms with Crippen LogP contribution < -0.4 is 0 Å². The van der Waals surface area contributed by atoms with Gasteiger partial charge in [-0.1, -0.05) is 30.9 Å². The van der Waals surface area contributed by atoms with Crippen molar-refractivity contribution in [3.8, 4) is 11.4 Å². The first-order valence-corrected chi connectivity index (χ1v) is 6.55. The number of benzene rings is 1. The van der Waals surface area contributed by atoms with Gasteiger partial charge in [-0.2, -0.15) is 0 Å². The minimum atomic E-state index is -0.372. The molecule has 0 unspecified atom stereocenters. The lowest BCUT2D eigenvalue weighted by Gasteiger charge is -2.04. The summed E-state index contributed by atoms with van der Waals surface area (Å²) in [6.45, 7) is 7.38. The summed E-state index contributed by atoms with van der Waals surface area (Å²) < 4.78 is 4.97. The molecule has 0 radical (unpaired) electrons. The highest BCUT2D eigenvalue weighted by Crippen LogP contribution is 2.16. The molecule has 0 aliphatic carbocycles. The molecule has 0 aliphatic rings. The van der Waals surface area contributed by atoms with Crippen molar-refractivity contribution in [2.45, 2.75) is 6.42 Å². The fourth-order valence-corrected chi connectivity index (χ4v) is 1.75. The van der Waals surface area contributed by atoms with E-state index in [-0.39, 0.29) is 12.6 Å². The maximum absolute atomic E-state index is 11.7. The molecule has 0 spiro atoms. The summed E-state index contributed by atoms with van der Waals surface area (Å²) in [7, 11) is 0. The van der Waals surface area contributed by atoms with E-state index in [2.05, 4.69) is 23.1 Å². The molecule has 0 N–H and O–H groups in total. The number of allylic oxidation sites excluding steroid dienone is 1. The van der Waals surface area contributed by atoms with Crippen LogP contribution in [0.25, 0.3) is 11.4 Å². The van der Waals surface area contributed by atoms with E-state index in [1.54, 1.807) is 36.7 Å². The van der Waals surface area contributed by atoms with Gasteiger partial charge in [0.2, 0.25) is 0 Å². The zero-order valence-corrected chi connectivity index (χ0v) is 11.7. The van der Waals surface area contributed by atoms with Gasteiger partial charge in [0.15, 0.2) is 5.82 Å². The molecule has 2 aromatic rings. The third kappa shape index (κ3) is 3.86. The number of carbonyl (C=O) groups is 1. The van der Waals surface area contributed by atoms with Crippen molar-refractivity contribution < 1.29 is 9.53 Å². The highest BCUT2D eigenvalue weighted by atomic mass is 16.5. The normalized spacial score (nSPS) is 9.90. The van der Waals surface area contributed by atoms with Crippen molar-refractivity contribution in [3.63, 3.8) is 0 Å². The van der Waals surface area contributed by atoms with Crippen LogP contribution >= 0.6 is 0 Å². The summed E-state index contributed by atoms with van der Waals surface area (Å²) >= 11 is 0. The van der Waals surface area contributed by atoms with Gasteiger partial charge in [0.25, 0.3) is 0 Å². The van der Waals surface area contributed by atoms with Gasteiger partial charge in [-0.3, -0.25) is 0 Å². The Morgan fingerprint density at radius 3 is 2.33 bits per heavy atom. The predicted molar refractivity (Wildman–Crippen MR) is 81.8 cm³/mol. The number of esters is 1. The van der Waals surface area contributed by atoms with Crippen molar-refractivity contribution in [1.29, 1.82) is 0 Å². The molecule has 21 heavy (non-hydrogen) atoms. The first kappa shape index (κ1) is 14.7. The topological polar surface area (TPSA) is 52.1 Å². The number of rotatable bonds is 6. The van der Waals surface area contributed by atoms with Crippen LogP contribution in [0, 0.1) is 0 Å². The highest BCUT2D eigenvalue weighted by Gasteiger charge is 2.07. The van der Waals surface area contributed by atoms with E-state index in [0.717, 1.165) is 17.5 Å². The zero-order valence-electron chi connectivity index (χ0n) is 11.7. The first-order chi connectivity index (χ1) is 10.2. The fourth-order valence-electron chi connectivity index (χ4n) is 1.75. The third-order valence-corrected chi connectivity index (χ3v) is 2.80. The second-order valence-corrected chi connectivity index (χ2v) is 4.37. The molecule has 4 nitrogen and oxygen atoms in total. The van der Waals surface area contributed by atoms with Crippen molar-refractivity contribution in [1.82, 2.24) is 9.97 Å². The average molecular weight is 280 g/mol. The van der Waals surface area contributed by atoms with Crippen LogP contribution in [-0.2, 0) is 11.2 Å². The molecular weight excluding hydrogens is 264 g/mol. The number of aromatic nitrogens is 2. The van der Waals surface area contributed by atoms with Gasteiger partial charge in [-0.05, 0) is 24.1 Å². The number of hydrogen-bond donors (Lipinski definition) is 0. The molecule has 0 fully saturated rings. The van der Waals surface area contributed by atoms with Gasteiger partial charge in [0, 0.05) is 18.0 Å². The summed E-state index contributed by atoms with van der Waals surface area (Å²) in [4.78, 5) is 20.3. The van der Waals surface area contributed by atoms with Gasteiger partial charge in [-0.25, -0.2) is 14.8 Å². The Morgan fingerprint density at radius 1 is 1.10 bits per heavy atom. The van der Waals surface area contributed by atoms with E-state index < -0.39 is 0 Å². The number of nitrogens with zero attached hydrogens (tertiary/aromatic N) is 2. The van der Waals surface area contributed by atoms with Gasteiger partial charge in [0.1, 0.15) is 6.61 Å². The van der Waals surface area contributed by atoms with Crippen molar-refractivity contribution in [2.24, 2.45) is 0 Å². The second kappa shape index (κ2) is 7.14. The summed E-state index contributed by atoms with van der Waals surface area (Å²) in [5.74, 6) is 0.248. The van der Waals surface area contributed by atoms with E-state index in [9.17, 15) is 4.79 Å². The van der Waals surface area contributed by atoms with Crippen molar-refractivity contribution >= 4 is 5.97 Å². The molecular formula is C17H16N2O2. The van der Waals surface area contributed by atoms with Crippen LogP contribution in [0.5, 0.6) is 0 Å². The molecule has 1 heterocycles. The van der Waals surface area contributed by atoms with Gasteiger partial charge >= 0.3 is 5.97 Å². The molecule has 0 atom stereocenters. The molecule has 0 saturated heterocycles. The number of ether oxygens (including phenoxy) is 1. The van der Waals surface area contributed by atoms with Gasteiger partial charge in [-0.15, -0.1) is 6.58 Å². The lowest BCUT2D eigenvalue weighted by atomic mass is 10.1. The van der Waals surface area contributed by atoms with Crippen LogP contribution in [0.1, 0.15) is 15.9 Å². The molecule has 4 heteroatoms. The Labute approximate surface area is 123 Å². The quantitative estimate of drug-likeness (QED) is 0.602. The smallest absolute Gasteiger partial charge is 0.338 e. The van der Waals surface area contributed by atoms with Crippen LogP contribution in [0.3, 0.4) is 0 Å². The minimum absolute atomic E-state index is 0.203. The minimum Gasteiger partial charge on any atom is -0.458 e. The van der Waals surface area contributed by atoms with E-state index in [1.165, 1.54) is 6.08 Å². The largest absolute Gasteiger partial charge is 0.458 e. The molecule has 0 amide bonds. The lowest BCUT2D eigenvalue weighted by Crippen LogP contribution is -2.04. The monoisotopic (exact) mass is 280 g/mol. The lowest BCUT2D eigenvalue weighted by molar-refractivity contribution is 0.0550. The molecule has 0 saturated carbocycles. The van der Waals surface area contributed by atoms with E-state index in [4.69, 9.17) is 4.74 Å². The van der Waals surface area contributed by atoms with Crippen molar-refractivity contribution in [2.75, 3.05) is 6.61 Å². The summed E-state index contributed by atoms with van der Waals surface area (Å²) in [5.41, 5.74) is 2.35. The van der Waals surface area contributed by atoms with Crippen LogP contribution in [0.15, 0.2) is 62.0 Å². The van der Waals surface area contributed by atoms with E-state index in [0.29, 0.717) is 11.4 Å². The van der Waals surface area contributed by atoms with E-state index in [1.807, 2.05) is 6.08 Å². The molecule has 1 aromatic heterocycles. The Morgan fingerprint density at radius 2 is 1.76 bits per heavy atom. The summed E-state index contributed by atoms with van der Waals surface area (Å²) in [5, 5.41) is 0. The Hall–Kier alpha value is -2.75. The number of carbonyl (C=O) groups excluding carboxylic acids is 1. The van der Waals surface area contributed by atoms with Gasteiger partial charge < -0.3 is 4.74 Å². The summed E-state index contributed by atoms with van der Waals surface area (Å²) in [6, 6.07) is 6.99. The number of hydrogen-bond acceptors (Lipinski definition) is 4. The highest BCUT2D eigenvalue weighted by molar-refractivity contribution is 5.89. The fraction of sp³-hybridized carbons (Fsp3) is 0.118. The van der Waals surface area contributed by atoms with Crippen LogP contribution in [0.2, 0.25) is 0 Å². The third-order valence-electron chi connectivity index (χ3n) is 2.80. The van der Waals surface area contributed by atoms with Crippen molar-refractivity contribution in [3.05, 3.63) is 73.1 Å². The summed E-state index contributed by atoms with van der Waals surface area (Å²) in [6.07, 6.45) is 7.63. The molecule has 2 rings (SSSR count). The maximum atomic E-state index is 11.7. The van der Waals surface area contributed by atoms with Gasteiger partial charge in [0.05, 0.1) is 5.56 Å². The second-order valence-electron chi connectivity index (χ2n) is 4.37. The standard InChI is InChI=1S/C17H16N2O2/c1-3-5-13-11-18-16(19-12-13)14-6-8-15(9-7-14)17(20)21-10-4-2/h3-4,6-9,11-12H,1-2,5,10H2. The maximum Gasteiger partial charge on any atom is 0.338 e. The SMILES string of the molecule is C=CCOC(=O)c1ccc(-c2ncc(CC=C)cn2)cc1. The Bertz CT molecular complexity index is 631. The first-order valence-electron chi connectivity index (χ1n) is 6.55. The molecule has 0 bridgehead atoms. The predicted octanol–water partition coefficient (Wildman–Crippen LogP) is 3.21. The Kier molecular flexibility index (Phi) is 4.99. The molecule has 0 aliphatic heterocycles. The van der Waals surface area contributed by atoms with Crippen LogP contribution in [0.4, 0.5) is 0 Å².